The van der Waals surface area contributed by atoms with Gasteiger partial charge < -0.3 is 10.1 Å². The van der Waals surface area contributed by atoms with Crippen LogP contribution in [0.4, 0.5) is 0 Å². The van der Waals surface area contributed by atoms with Gasteiger partial charge in [-0.2, -0.15) is 0 Å². The molecule has 1 aliphatic rings. The highest BCUT2D eigenvalue weighted by molar-refractivity contribution is 7.99. The summed E-state index contributed by atoms with van der Waals surface area (Å²) in [6.07, 6.45) is 3.85. The van der Waals surface area contributed by atoms with Crippen molar-refractivity contribution in [1.29, 1.82) is 0 Å². The van der Waals surface area contributed by atoms with E-state index in [-0.39, 0.29) is 5.97 Å². The average Bonchev–Trinajstić information content (AvgIpc) is 2.19. The van der Waals surface area contributed by atoms with Crippen LogP contribution < -0.4 is 5.32 Å². The highest BCUT2D eigenvalue weighted by Gasteiger charge is 2.12. The number of ether oxygens (including phenoxy) is 1. The molecule has 1 rings (SSSR count). The van der Waals surface area contributed by atoms with Gasteiger partial charge in [0.1, 0.15) is 0 Å². The number of esters is 1. The van der Waals surface area contributed by atoms with Gasteiger partial charge in [-0.25, -0.2) is 0 Å². The second kappa shape index (κ2) is 6.27. The third-order valence-corrected chi connectivity index (χ3v) is 3.26. The SMILES string of the molecule is COC(=O)CSC[C@H]1CCCCN1. The predicted molar refractivity (Wildman–Crippen MR) is 55.0 cm³/mol. The molecule has 0 amide bonds. The first-order valence-corrected chi connectivity index (χ1v) is 5.86. The molecule has 1 fully saturated rings. The van der Waals surface area contributed by atoms with Crippen LogP contribution in [0.25, 0.3) is 0 Å². The molecule has 76 valence electrons. The molecule has 0 aromatic carbocycles. The molecule has 1 aliphatic heterocycles. The zero-order valence-electron chi connectivity index (χ0n) is 8.04. The predicted octanol–water partition coefficient (Wildman–Crippen LogP) is 1.03. The van der Waals surface area contributed by atoms with Crippen LogP contribution >= 0.6 is 11.8 Å². The fourth-order valence-corrected chi connectivity index (χ4v) is 2.38. The third kappa shape index (κ3) is 4.52. The van der Waals surface area contributed by atoms with E-state index in [0.29, 0.717) is 11.8 Å². The molecule has 3 nitrogen and oxygen atoms in total. The maximum atomic E-state index is 10.8. The van der Waals surface area contributed by atoms with Gasteiger partial charge in [0.2, 0.25) is 0 Å². The minimum absolute atomic E-state index is 0.124. The average molecular weight is 203 g/mol. The molecule has 0 saturated carbocycles. The van der Waals surface area contributed by atoms with Crippen molar-refractivity contribution in [2.75, 3.05) is 25.2 Å². The van der Waals surface area contributed by atoms with Crippen molar-refractivity contribution in [2.45, 2.75) is 25.3 Å². The molecule has 13 heavy (non-hydrogen) atoms. The van der Waals surface area contributed by atoms with Gasteiger partial charge in [-0.15, -0.1) is 11.8 Å². The Bertz CT molecular complexity index is 158. The first kappa shape index (κ1) is 10.9. The van der Waals surface area contributed by atoms with Gasteiger partial charge in [-0.05, 0) is 19.4 Å². The fraction of sp³-hybridized carbons (Fsp3) is 0.889. The van der Waals surface area contributed by atoms with Crippen molar-refractivity contribution in [3.63, 3.8) is 0 Å². The van der Waals surface area contributed by atoms with Crippen LogP contribution in [0.3, 0.4) is 0 Å². The van der Waals surface area contributed by atoms with E-state index in [1.807, 2.05) is 0 Å². The van der Waals surface area contributed by atoms with E-state index in [1.54, 1.807) is 11.8 Å². The monoisotopic (exact) mass is 203 g/mol. The maximum absolute atomic E-state index is 10.8. The number of nitrogens with one attached hydrogen (secondary N) is 1. The molecule has 0 aromatic rings. The number of hydrogen-bond acceptors (Lipinski definition) is 4. The van der Waals surface area contributed by atoms with Gasteiger partial charge in [0.05, 0.1) is 12.9 Å². The topological polar surface area (TPSA) is 38.3 Å². The zero-order valence-corrected chi connectivity index (χ0v) is 8.86. The molecule has 1 atom stereocenters. The molecule has 1 saturated heterocycles. The Labute approximate surface area is 83.6 Å². The summed E-state index contributed by atoms with van der Waals surface area (Å²) in [6.45, 7) is 1.13. The Morgan fingerprint density at radius 1 is 1.62 bits per heavy atom. The summed E-state index contributed by atoms with van der Waals surface area (Å²) in [4.78, 5) is 10.8. The van der Waals surface area contributed by atoms with Gasteiger partial charge in [-0.1, -0.05) is 6.42 Å². The molecule has 0 aliphatic carbocycles. The van der Waals surface area contributed by atoms with Gasteiger partial charge in [0.25, 0.3) is 0 Å². The lowest BCUT2D eigenvalue weighted by Gasteiger charge is -2.22. The molecule has 0 spiro atoms. The lowest BCUT2D eigenvalue weighted by Crippen LogP contribution is -2.36. The van der Waals surface area contributed by atoms with Crippen LogP contribution in [-0.2, 0) is 9.53 Å². The number of methoxy groups -OCH3 is 1. The summed E-state index contributed by atoms with van der Waals surface area (Å²) in [5.41, 5.74) is 0. The smallest absolute Gasteiger partial charge is 0.315 e. The van der Waals surface area contributed by atoms with Crippen LogP contribution in [0.2, 0.25) is 0 Å². The minimum atomic E-state index is -0.124. The Kier molecular flexibility index (Phi) is 5.23. The molecule has 1 heterocycles. The molecule has 0 aromatic heterocycles. The first-order chi connectivity index (χ1) is 6.33. The lowest BCUT2D eigenvalue weighted by atomic mass is 10.1. The van der Waals surface area contributed by atoms with Crippen LogP contribution in [0.1, 0.15) is 19.3 Å². The van der Waals surface area contributed by atoms with Crippen LogP contribution in [0.5, 0.6) is 0 Å². The van der Waals surface area contributed by atoms with Gasteiger partial charge in [0.15, 0.2) is 0 Å². The van der Waals surface area contributed by atoms with E-state index in [0.717, 1.165) is 12.3 Å². The summed E-state index contributed by atoms with van der Waals surface area (Å²) in [5, 5.41) is 3.44. The Morgan fingerprint density at radius 2 is 2.46 bits per heavy atom. The fourth-order valence-electron chi connectivity index (χ4n) is 1.41. The summed E-state index contributed by atoms with van der Waals surface area (Å²) in [5.74, 6) is 1.38. The van der Waals surface area contributed by atoms with Gasteiger partial charge in [-0.3, -0.25) is 4.79 Å². The summed E-state index contributed by atoms with van der Waals surface area (Å²) in [6, 6.07) is 0.600. The number of piperidine rings is 1. The van der Waals surface area contributed by atoms with Crippen LogP contribution in [-0.4, -0.2) is 37.2 Å². The number of carbonyl (C=O) groups excluding carboxylic acids is 1. The van der Waals surface area contributed by atoms with E-state index in [1.165, 1.54) is 26.4 Å². The van der Waals surface area contributed by atoms with E-state index < -0.39 is 0 Å². The second-order valence-electron chi connectivity index (χ2n) is 3.24. The highest BCUT2D eigenvalue weighted by Crippen LogP contribution is 2.12. The van der Waals surface area contributed by atoms with Crippen molar-refractivity contribution in [2.24, 2.45) is 0 Å². The van der Waals surface area contributed by atoms with Crippen molar-refractivity contribution >= 4 is 17.7 Å². The molecule has 0 radical (unpaired) electrons. The molecular weight excluding hydrogens is 186 g/mol. The van der Waals surface area contributed by atoms with Crippen LogP contribution in [0, 0.1) is 0 Å². The van der Waals surface area contributed by atoms with E-state index >= 15 is 0 Å². The first-order valence-electron chi connectivity index (χ1n) is 4.71. The zero-order chi connectivity index (χ0) is 9.52. The Hall–Kier alpha value is -0.220. The normalized spacial score (nSPS) is 22.7. The number of carbonyl (C=O) groups is 1. The Balaban J connectivity index is 2.01. The summed E-state index contributed by atoms with van der Waals surface area (Å²) < 4.78 is 4.56. The minimum Gasteiger partial charge on any atom is -0.468 e. The number of rotatable bonds is 4. The molecule has 0 unspecified atom stereocenters. The van der Waals surface area contributed by atoms with Gasteiger partial charge >= 0.3 is 5.97 Å². The van der Waals surface area contributed by atoms with E-state index in [2.05, 4.69) is 10.1 Å². The third-order valence-electron chi connectivity index (χ3n) is 2.18. The van der Waals surface area contributed by atoms with E-state index in [9.17, 15) is 4.79 Å². The second-order valence-corrected chi connectivity index (χ2v) is 4.27. The van der Waals surface area contributed by atoms with Crippen molar-refractivity contribution in [3.8, 4) is 0 Å². The van der Waals surface area contributed by atoms with Gasteiger partial charge in [0, 0.05) is 11.8 Å². The maximum Gasteiger partial charge on any atom is 0.315 e. The summed E-state index contributed by atoms with van der Waals surface area (Å²) in [7, 11) is 1.43. The molecule has 0 bridgehead atoms. The largest absolute Gasteiger partial charge is 0.468 e. The van der Waals surface area contributed by atoms with Crippen LogP contribution in [0.15, 0.2) is 0 Å². The van der Waals surface area contributed by atoms with Crippen molar-refractivity contribution in [1.82, 2.24) is 5.32 Å². The molecule has 4 heteroatoms. The lowest BCUT2D eigenvalue weighted by molar-refractivity contribution is -0.137. The standard InChI is InChI=1S/C9H17NO2S/c1-12-9(11)7-13-6-8-4-2-3-5-10-8/h8,10H,2-7H2,1H3/t8-/m1/s1. The molecule has 1 N–H and O–H groups in total. The summed E-state index contributed by atoms with van der Waals surface area (Å²) >= 11 is 1.66. The molecular formula is C9H17NO2S. The number of thioether (sulfide) groups is 1. The van der Waals surface area contributed by atoms with Crippen molar-refractivity contribution < 1.29 is 9.53 Å². The number of hydrogen-bond donors (Lipinski definition) is 1. The quantitative estimate of drug-likeness (QED) is 0.693. The van der Waals surface area contributed by atoms with Crippen molar-refractivity contribution in [3.05, 3.63) is 0 Å². The Morgan fingerprint density at radius 3 is 3.08 bits per heavy atom. The highest BCUT2D eigenvalue weighted by atomic mass is 32.2. The van der Waals surface area contributed by atoms with E-state index in [4.69, 9.17) is 0 Å².